The molecule has 1 aromatic carbocycles. The molecule has 0 saturated carbocycles. The number of aliphatic carboxylic acids is 1. The number of hydrogen-bond donors (Lipinski definition) is 3. The predicted octanol–water partition coefficient (Wildman–Crippen LogP) is 2.35. The second-order valence-electron chi connectivity index (χ2n) is 8.26. The standard InChI is InChI=1S/C23H26N2O7/c1-10(2)20(22(28)29)25-17(27)8-24-16(26)7-14-13(5)19-15(32-23(14)30)6-11(3)18-12(4)9-31-21(18)19/h6,9-10,20H,7-8H2,1-5H3,(H,24,26)(H,25,27)(H,28,29). The van der Waals surface area contributed by atoms with Crippen molar-refractivity contribution in [1.29, 1.82) is 0 Å². The van der Waals surface area contributed by atoms with Crippen LogP contribution in [0.3, 0.4) is 0 Å². The molecule has 0 aliphatic carbocycles. The van der Waals surface area contributed by atoms with Gasteiger partial charge < -0.3 is 24.6 Å². The van der Waals surface area contributed by atoms with Crippen molar-refractivity contribution < 1.29 is 28.3 Å². The van der Waals surface area contributed by atoms with Gasteiger partial charge in [-0.15, -0.1) is 0 Å². The van der Waals surface area contributed by atoms with Crippen molar-refractivity contribution in [3.05, 3.63) is 45.0 Å². The highest BCUT2D eigenvalue weighted by molar-refractivity contribution is 6.07. The zero-order valence-electron chi connectivity index (χ0n) is 18.6. The fourth-order valence-electron chi connectivity index (χ4n) is 3.82. The number of furan rings is 1. The van der Waals surface area contributed by atoms with Crippen LogP contribution in [0.1, 0.15) is 36.1 Å². The van der Waals surface area contributed by atoms with Gasteiger partial charge >= 0.3 is 11.6 Å². The van der Waals surface area contributed by atoms with E-state index < -0.39 is 36.0 Å². The number of amides is 2. The van der Waals surface area contributed by atoms with Crippen LogP contribution in [-0.4, -0.2) is 35.5 Å². The average Bonchev–Trinajstić information content (AvgIpc) is 3.09. The lowest BCUT2D eigenvalue weighted by Crippen LogP contribution is -2.48. The van der Waals surface area contributed by atoms with E-state index in [1.165, 1.54) is 0 Å². The van der Waals surface area contributed by atoms with E-state index >= 15 is 0 Å². The first kappa shape index (κ1) is 23.1. The minimum Gasteiger partial charge on any atom is -0.480 e. The van der Waals surface area contributed by atoms with E-state index in [4.69, 9.17) is 13.9 Å². The van der Waals surface area contributed by atoms with Crippen molar-refractivity contribution in [1.82, 2.24) is 10.6 Å². The summed E-state index contributed by atoms with van der Waals surface area (Å²) in [5, 5.41) is 15.5. The number of rotatable bonds is 7. The van der Waals surface area contributed by atoms with E-state index in [1.807, 2.05) is 13.8 Å². The maximum absolute atomic E-state index is 12.6. The second kappa shape index (κ2) is 8.86. The minimum absolute atomic E-state index is 0.167. The number of carbonyl (C=O) groups excluding carboxylic acids is 2. The first-order chi connectivity index (χ1) is 15.0. The van der Waals surface area contributed by atoms with Gasteiger partial charge in [-0.2, -0.15) is 0 Å². The molecule has 1 unspecified atom stereocenters. The van der Waals surface area contributed by atoms with Gasteiger partial charge in [-0.1, -0.05) is 13.8 Å². The molecule has 0 aliphatic rings. The molecule has 0 bridgehead atoms. The third-order valence-corrected chi connectivity index (χ3v) is 5.50. The van der Waals surface area contributed by atoms with Crippen molar-refractivity contribution in [2.24, 2.45) is 5.92 Å². The second-order valence-corrected chi connectivity index (χ2v) is 8.26. The molecule has 0 aliphatic heterocycles. The minimum atomic E-state index is -1.15. The SMILES string of the molecule is Cc1coc2c1c(C)cc1oc(=O)c(CC(=O)NCC(=O)NC(C(=O)O)C(C)C)c(C)c12. The Morgan fingerprint density at radius 3 is 2.38 bits per heavy atom. The zero-order valence-corrected chi connectivity index (χ0v) is 18.6. The summed E-state index contributed by atoms with van der Waals surface area (Å²) >= 11 is 0. The van der Waals surface area contributed by atoms with Crippen molar-refractivity contribution >= 4 is 39.7 Å². The van der Waals surface area contributed by atoms with Gasteiger partial charge in [-0.3, -0.25) is 9.59 Å². The molecule has 0 radical (unpaired) electrons. The Bertz CT molecular complexity index is 1280. The highest BCUT2D eigenvalue weighted by Gasteiger charge is 2.24. The molecule has 0 spiro atoms. The quantitative estimate of drug-likeness (QED) is 0.477. The van der Waals surface area contributed by atoms with E-state index in [1.54, 1.807) is 33.1 Å². The highest BCUT2D eigenvalue weighted by atomic mass is 16.4. The van der Waals surface area contributed by atoms with Gasteiger partial charge in [0.05, 0.1) is 30.2 Å². The zero-order chi connectivity index (χ0) is 23.7. The maximum atomic E-state index is 12.6. The first-order valence-electron chi connectivity index (χ1n) is 10.2. The van der Waals surface area contributed by atoms with Gasteiger partial charge in [0, 0.05) is 5.39 Å². The highest BCUT2D eigenvalue weighted by Crippen LogP contribution is 2.34. The summed E-state index contributed by atoms with van der Waals surface area (Å²) in [7, 11) is 0. The average molecular weight is 442 g/mol. The summed E-state index contributed by atoms with van der Waals surface area (Å²) in [6.07, 6.45) is 1.34. The molecular formula is C23H26N2O7. The van der Waals surface area contributed by atoms with E-state index in [2.05, 4.69) is 10.6 Å². The summed E-state index contributed by atoms with van der Waals surface area (Å²) in [5.41, 5.74) is 2.94. The van der Waals surface area contributed by atoms with Crippen molar-refractivity contribution in [2.75, 3.05) is 6.54 Å². The van der Waals surface area contributed by atoms with Gasteiger partial charge in [0.2, 0.25) is 11.8 Å². The van der Waals surface area contributed by atoms with Crippen LogP contribution in [0.2, 0.25) is 0 Å². The molecule has 2 aromatic heterocycles. The normalized spacial score (nSPS) is 12.3. The Hall–Kier alpha value is -3.62. The van der Waals surface area contributed by atoms with Gasteiger partial charge in [0.15, 0.2) is 0 Å². The van der Waals surface area contributed by atoms with Crippen molar-refractivity contribution in [3.8, 4) is 0 Å². The van der Waals surface area contributed by atoms with Crippen LogP contribution in [-0.2, 0) is 20.8 Å². The molecule has 2 heterocycles. The van der Waals surface area contributed by atoms with Crippen LogP contribution in [0.25, 0.3) is 21.9 Å². The summed E-state index contributed by atoms with van der Waals surface area (Å²) in [5.74, 6) is -2.67. The molecule has 9 heteroatoms. The van der Waals surface area contributed by atoms with Crippen LogP contribution in [0.5, 0.6) is 0 Å². The first-order valence-corrected chi connectivity index (χ1v) is 10.2. The Labute approximate surface area is 183 Å². The molecule has 3 aromatic rings. The van der Waals surface area contributed by atoms with Crippen LogP contribution in [0.15, 0.2) is 26.0 Å². The van der Waals surface area contributed by atoms with Gasteiger partial charge in [-0.25, -0.2) is 9.59 Å². The summed E-state index contributed by atoms with van der Waals surface area (Å²) in [6, 6.07) is 0.716. The lowest BCUT2D eigenvalue weighted by Gasteiger charge is -2.18. The topological polar surface area (TPSA) is 139 Å². The molecule has 1 atom stereocenters. The molecule has 9 nitrogen and oxygen atoms in total. The Balaban J connectivity index is 1.81. The molecule has 3 rings (SSSR count). The Morgan fingerprint density at radius 2 is 1.75 bits per heavy atom. The summed E-state index contributed by atoms with van der Waals surface area (Å²) < 4.78 is 11.2. The molecule has 32 heavy (non-hydrogen) atoms. The number of carboxylic acids is 1. The summed E-state index contributed by atoms with van der Waals surface area (Å²) in [4.78, 5) is 48.2. The maximum Gasteiger partial charge on any atom is 0.340 e. The smallest absolute Gasteiger partial charge is 0.340 e. The van der Waals surface area contributed by atoms with E-state index in [-0.39, 0.29) is 17.9 Å². The number of aryl methyl sites for hydroxylation is 3. The van der Waals surface area contributed by atoms with Crippen LogP contribution >= 0.6 is 0 Å². The number of benzene rings is 1. The Kier molecular flexibility index (Phi) is 6.38. The third kappa shape index (κ3) is 4.37. The number of carboxylic acid groups (broad SMARTS) is 1. The van der Waals surface area contributed by atoms with E-state index in [0.717, 1.165) is 16.5 Å². The fourth-order valence-corrected chi connectivity index (χ4v) is 3.82. The number of fused-ring (bicyclic) bond motifs is 3. The van der Waals surface area contributed by atoms with Gasteiger partial charge in [-0.05, 0) is 49.4 Å². The fraction of sp³-hybridized carbons (Fsp3) is 0.391. The lowest BCUT2D eigenvalue weighted by atomic mass is 9.99. The lowest BCUT2D eigenvalue weighted by molar-refractivity contribution is -0.143. The monoisotopic (exact) mass is 442 g/mol. The largest absolute Gasteiger partial charge is 0.480 e. The van der Waals surface area contributed by atoms with Gasteiger partial charge in [0.1, 0.15) is 17.2 Å². The predicted molar refractivity (Wildman–Crippen MR) is 118 cm³/mol. The van der Waals surface area contributed by atoms with E-state index in [0.29, 0.717) is 22.1 Å². The van der Waals surface area contributed by atoms with Crippen LogP contribution < -0.4 is 16.3 Å². The number of nitrogens with one attached hydrogen (secondary N) is 2. The van der Waals surface area contributed by atoms with Crippen LogP contribution in [0, 0.1) is 26.7 Å². The van der Waals surface area contributed by atoms with Crippen molar-refractivity contribution in [3.63, 3.8) is 0 Å². The van der Waals surface area contributed by atoms with Gasteiger partial charge in [0.25, 0.3) is 0 Å². The molecule has 0 saturated heterocycles. The Morgan fingerprint density at radius 1 is 1.06 bits per heavy atom. The van der Waals surface area contributed by atoms with Crippen molar-refractivity contribution in [2.45, 2.75) is 47.1 Å². The third-order valence-electron chi connectivity index (χ3n) is 5.50. The number of carbonyl (C=O) groups is 3. The van der Waals surface area contributed by atoms with Crippen LogP contribution in [0.4, 0.5) is 0 Å². The molecule has 0 fully saturated rings. The molecule has 170 valence electrons. The molecule has 2 amide bonds. The summed E-state index contributed by atoms with van der Waals surface area (Å²) in [6.45, 7) is 8.47. The van der Waals surface area contributed by atoms with E-state index in [9.17, 15) is 19.2 Å². The molecule has 3 N–H and O–H groups in total. The number of hydrogen-bond acceptors (Lipinski definition) is 6. The molecular weight excluding hydrogens is 416 g/mol.